The van der Waals surface area contributed by atoms with E-state index in [0.717, 1.165) is 11.1 Å². The average Bonchev–Trinajstić information content (AvgIpc) is 2.04. The minimum absolute atomic E-state index is 0.248. The maximum atomic E-state index is 9.30. The van der Waals surface area contributed by atoms with Crippen molar-refractivity contribution in [2.75, 3.05) is 0 Å². The molecule has 0 spiro atoms. The Morgan fingerprint density at radius 2 is 2.00 bits per heavy atom. The second-order valence-electron chi connectivity index (χ2n) is 2.25. The third-order valence-electron chi connectivity index (χ3n) is 1.50. The summed E-state index contributed by atoms with van der Waals surface area (Å²) in [6.45, 7) is 7.29. The number of hydrogen-bond acceptors (Lipinski definition) is 1. The predicted molar refractivity (Wildman–Crippen MR) is 47.3 cm³/mol. The molecule has 56 valence electrons. The summed E-state index contributed by atoms with van der Waals surface area (Å²) >= 11 is 0. The van der Waals surface area contributed by atoms with Gasteiger partial charge in [-0.2, -0.15) is 0 Å². The second-order valence-corrected chi connectivity index (χ2v) is 2.25. The molecule has 0 saturated heterocycles. The Hall–Kier alpha value is -1.50. The van der Waals surface area contributed by atoms with Crippen LogP contribution in [0.1, 0.15) is 5.56 Å². The van der Waals surface area contributed by atoms with Crippen LogP contribution in [-0.4, -0.2) is 5.11 Å². The van der Waals surface area contributed by atoms with Crippen LogP contribution in [0.3, 0.4) is 0 Å². The summed E-state index contributed by atoms with van der Waals surface area (Å²) in [4.78, 5) is 0. The molecule has 0 aliphatic heterocycles. The minimum Gasteiger partial charge on any atom is -0.507 e. The molecule has 0 fully saturated rings. The van der Waals surface area contributed by atoms with Crippen LogP contribution >= 0.6 is 0 Å². The fourth-order valence-corrected chi connectivity index (χ4v) is 0.855. The van der Waals surface area contributed by atoms with Gasteiger partial charge in [0.15, 0.2) is 0 Å². The first kappa shape index (κ1) is 7.61. The molecular weight excluding hydrogens is 136 g/mol. The largest absolute Gasteiger partial charge is 0.507 e. The maximum Gasteiger partial charge on any atom is 0.123 e. The van der Waals surface area contributed by atoms with Gasteiger partial charge in [-0.05, 0) is 11.6 Å². The molecule has 11 heavy (non-hydrogen) atoms. The summed E-state index contributed by atoms with van der Waals surface area (Å²) in [5.41, 5.74) is 1.48. The minimum atomic E-state index is 0.248. The zero-order valence-corrected chi connectivity index (χ0v) is 6.25. The van der Waals surface area contributed by atoms with E-state index in [-0.39, 0.29) is 5.75 Å². The number of allylic oxidation sites excluding steroid dienone is 2. The number of phenols is 1. The Morgan fingerprint density at radius 3 is 2.55 bits per heavy atom. The summed E-state index contributed by atoms with van der Waals surface area (Å²) in [7, 11) is 0. The van der Waals surface area contributed by atoms with Crippen LogP contribution in [0.25, 0.3) is 5.57 Å². The Kier molecular flexibility index (Phi) is 2.12. The van der Waals surface area contributed by atoms with E-state index < -0.39 is 0 Å². The van der Waals surface area contributed by atoms with Crippen molar-refractivity contribution >= 4 is 5.57 Å². The van der Waals surface area contributed by atoms with Gasteiger partial charge in [-0.15, -0.1) is 0 Å². The molecular formula is C10H10O. The lowest BCUT2D eigenvalue weighted by atomic mass is 10.1. The first-order valence-corrected chi connectivity index (χ1v) is 3.35. The quantitative estimate of drug-likeness (QED) is 0.636. The van der Waals surface area contributed by atoms with Crippen molar-refractivity contribution in [3.05, 3.63) is 49.1 Å². The van der Waals surface area contributed by atoms with Crippen molar-refractivity contribution in [3.8, 4) is 5.75 Å². The van der Waals surface area contributed by atoms with E-state index in [9.17, 15) is 5.11 Å². The van der Waals surface area contributed by atoms with Gasteiger partial charge < -0.3 is 5.11 Å². The van der Waals surface area contributed by atoms with E-state index in [2.05, 4.69) is 13.2 Å². The highest BCUT2D eigenvalue weighted by Crippen LogP contribution is 2.23. The molecule has 1 heteroatoms. The van der Waals surface area contributed by atoms with Crippen molar-refractivity contribution in [2.24, 2.45) is 0 Å². The van der Waals surface area contributed by atoms with Gasteiger partial charge in [0, 0.05) is 5.56 Å². The molecule has 0 bridgehead atoms. The van der Waals surface area contributed by atoms with Crippen LogP contribution in [0.15, 0.2) is 43.5 Å². The summed E-state index contributed by atoms with van der Waals surface area (Å²) in [5, 5.41) is 9.30. The first-order chi connectivity index (χ1) is 5.25. The highest BCUT2D eigenvalue weighted by molar-refractivity contribution is 5.75. The monoisotopic (exact) mass is 146 g/mol. The van der Waals surface area contributed by atoms with Gasteiger partial charge in [0.25, 0.3) is 0 Å². The van der Waals surface area contributed by atoms with E-state index in [1.165, 1.54) is 0 Å². The van der Waals surface area contributed by atoms with Crippen molar-refractivity contribution in [1.82, 2.24) is 0 Å². The standard InChI is InChI=1S/C10H10O/c1-3-8(2)9-6-4-5-7-10(9)11/h3-7,11H,1-2H2. The van der Waals surface area contributed by atoms with Gasteiger partial charge in [0.05, 0.1) is 0 Å². The van der Waals surface area contributed by atoms with Crippen LogP contribution in [0.5, 0.6) is 5.75 Å². The van der Waals surface area contributed by atoms with E-state index in [1.54, 1.807) is 24.3 Å². The van der Waals surface area contributed by atoms with Gasteiger partial charge in [0.2, 0.25) is 0 Å². The normalized spacial score (nSPS) is 9.09. The molecule has 0 saturated carbocycles. The van der Waals surface area contributed by atoms with Crippen LogP contribution in [0.2, 0.25) is 0 Å². The van der Waals surface area contributed by atoms with Crippen LogP contribution < -0.4 is 0 Å². The van der Waals surface area contributed by atoms with Crippen LogP contribution in [0.4, 0.5) is 0 Å². The molecule has 0 aliphatic rings. The molecule has 1 nitrogen and oxygen atoms in total. The zero-order chi connectivity index (χ0) is 8.27. The Morgan fingerprint density at radius 1 is 1.36 bits per heavy atom. The van der Waals surface area contributed by atoms with Crippen LogP contribution in [-0.2, 0) is 0 Å². The fraction of sp³-hybridized carbons (Fsp3) is 0. The molecule has 1 aromatic rings. The molecule has 0 atom stereocenters. The zero-order valence-electron chi connectivity index (χ0n) is 6.25. The Labute approximate surface area is 66.3 Å². The van der Waals surface area contributed by atoms with Crippen molar-refractivity contribution in [2.45, 2.75) is 0 Å². The number of benzene rings is 1. The highest BCUT2D eigenvalue weighted by atomic mass is 16.3. The SMILES string of the molecule is C=CC(=C)c1ccccc1O. The molecule has 0 amide bonds. The third kappa shape index (κ3) is 1.49. The molecule has 0 aromatic heterocycles. The second kappa shape index (κ2) is 3.06. The Balaban J connectivity index is 3.13. The van der Waals surface area contributed by atoms with Gasteiger partial charge in [-0.1, -0.05) is 37.4 Å². The molecule has 0 heterocycles. The van der Waals surface area contributed by atoms with E-state index in [0.29, 0.717) is 0 Å². The molecule has 1 rings (SSSR count). The van der Waals surface area contributed by atoms with Crippen molar-refractivity contribution in [1.29, 1.82) is 0 Å². The van der Waals surface area contributed by atoms with Crippen LogP contribution in [0, 0.1) is 0 Å². The summed E-state index contributed by atoms with van der Waals surface area (Å²) in [6, 6.07) is 7.06. The summed E-state index contributed by atoms with van der Waals surface area (Å²) < 4.78 is 0. The lowest BCUT2D eigenvalue weighted by Crippen LogP contribution is -1.78. The third-order valence-corrected chi connectivity index (χ3v) is 1.50. The number of aromatic hydroxyl groups is 1. The molecule has 1 N–H and O–H groups in total. The lowest BCUT2D eigenvalue weighted by Gasteiger charge is -2.01. The van der Waals surface area contributed by atoms with E-state index in [4.69, 9.17) is 0 Å². The smallest absolute Gasteiger partial charge is 0.123 e. The molecule has 0 aliphatic carbocycles. The van der Waals surface area contributed by atoms with E-state index in [1.807, 2.05) is 6.07 Å². The maximum absolute atomic E-state index is 9.30. The predicted octanol–water partition coefficient (Wildman–Crippen LogP) is 2.59. The topological polar surface area (TPSA) is 20.2 Å². The van der Waals surface area contributed by atoms with Gasteiger partial charge in [-0.3, -0.25) is 0 Å². The number of hydrogen-bond donors (Lipinski definition) is 1. The first-order valence-electron chi connectivity index (χ1n) is 3.35. The number of rotatable bonds is 2. The van der Waals surface area contributed by atoms with Crippen molar-refractivity contribution in [3.63, 3.8) is 0 Å². The molecule has 1 aromatic carbocycles. The van der Waals surface area contributed by atoms with Gasteiger partial charge >= 0.3 is 0 Å². The molecule has 0 unspecified atom stereocenters. The van der Waals surface area contributed by atoms with Gasteiger partial charge in [-0.25, -0.2) is 0 Å². The average molecular weight is 146 g/mol. The highest BCUT2D eigenvalue weighted by Gasteiger charge is 1.98. The van der Waals surface area contributed by atoms with Crippen molar-refractivity contribution < 1.29 is 5.11 Å². The van der Waals surface area contributed by atoms with E-state index >= 15 is 0 Å². The Bertz CT molecular complexity index is 287. The number of para-hydroxylation sites is 1. The molecule has 0 radical (unpaired) electrons. The summed E-state index contributed by atoms with van der Waals surface area (Å²) in [6.07, 6.45) is 1.62. The number of phenolic OH excluding ortho intramolecular Hbond substituents is 1. The van der Waals surface area contributed by atoms with Gasteiger partial charge in [0.1, 0.15) is 5.75 Å². The summed E-state index contributed by atoms with van der Waals surface area (Å²) in [5.74, 6) is 0.248. The fourth-order valence-electron chi connectivity index (χ4n) is 0.855. The lowest BCUT2D eigenvalue weighted by molar-refractivity contribution is 0.474.